The molecule has 0 spiro atoms. The first-order valence-corrected chi connectivity index (χ1v) is 9.75. The number of nitrogens with zero attached hydrogens (tertiary/aromatic N) is 4. The van der Waals surface area contributed by atoms with Crippen molar-refractivity contribution in [3.63, 3.8) is 0 Å². The van der Waals surface area contributed by atoms with Crippen molar-refractivity contribution in [2.45, 2.75) is 39.3 Å². The quantitative estimate of drug-likeness (QED) is 0.484. The molecule has 160 valence electrons. The van der Waals surface area contributed by atoms with E-state index in [1.807, 2.05) is 13.8 Å². The topological polar surface area (TPSA) is 74.6 Å². The van der Waals surface area contributed by atoms with Crippen LogP contribution in [0, 0.1) is 32.7 Å². The molecule has 0 aliphatic carbocycles. The molecule has 3 aromatic rings. The van der Waals surface area contributed by atoms with Crippen molar-refractivity contribution in [1.29, 1.82) is 0 Å². The van der Waals surface area contributed by atoms with Crippen molar-refractivity contribution < 1.29 is 28.0 Å². The first kappa shape index (κ1) is 24.9. The number of imidazole rings is 1. The van der Waals surface area contributed by atoms with Crippen LogP contribution < -0.4 is 34.4 Å². The molecule has 31 heavy (non-hydrogen) atoms. The zero-order valence-corrected chi connectivity index (χ0v) is 18.4. The number of aryl methyl sites for hydroxylation is 1. The van der Waals surface area contributed by atoms with Crippen LogP contribution in [0.3, 0.4) is 0 Å². The number of fused-ring (bicyclic) bond motifs is 2. The Morgan fingerprint density at radius 3 is 2.65 bits per heavy atom. The Bertz CT molecular complexity index is 1030. The Kier molecular flexibility index (Phi) is 8.63. The second kappa shape index (κ2) is 10.8. The first-order valence-electron chi connectivity index (χ1n) is 9.75. The summed E-state index contributed by atoms with van der Waals surface area (Å²) in [6, 6.07) is 6.35. The summed E-state index contributed by atoms with van der Waals surface area (Å²) in [5.41, 5.74) is 2.23. The average Bonchev–Trinajstić information content (AvgIpc) is 3.24. The summed E-state index contributed by atoms with van der Waals surface area (Å²) in [7, 11) is 0. The molecule has 4 rings (SSSR count). The van der Waals surface area contributed by atoms with Gasteiger partial charge in [-0.1, -0.05) is 20.0 Å². The van der Waals surface area contributed by atoms with Crippen molar-refractivity contribution in [3.8, 4) is 0 Å². The van der Waals surface area contributed by atoms with Gasteiger partial charge in [-0.3, -0.25) is 0 Å². The van der Waals surface area contributed by atoms with Crippen molar-refractivity contribution >= 4 is 23.2 Å². The fourth-order valence-corrected chi connectivity index (χ4v) is 3.26. The van der Waals surface area contributed by atoms with Crippen LogP contribution in [0.25, 0.3) is 5.65 Å². The number of hydrogen-bond donors (Lipinski definition) is 2. The molecular weight excluding hydrogens is 390 g/mol. The Morgan fingerprint density at radius 2 is 2.00 bits per heavy atom. The van der Waals surface area contributed by atoms with E-state index < -0.39 is 5.82 Å². The van der Waals surface area contributed by atoms with E-state index in [1.165, 1.54) is 11.0 Å². The third-order valence-corrected chi connectivity index (χ3v) is 4.33. The molecule has 3 aromatic heterocycles. The number of nitrogens with one attached hydrogen (secondary N) is 2. The van der Waals surface area contributed by atoms with E-state index in [0.717, 1.165) is 5.56 Å². The Labute approximate surface area is 194 Å². The summed E-state index contributed by atoms with van der Waals surface area (Å²) in [6.45, 7) is 13.8. The smallest absolute Gasteiger partial charge is 0.371 e. The van der Waals surface area contributed by atoms with Gasteiger partial charge in [-0.05, 0) is 13.3 Å². The Hall–Kier alpha value is -2.40. The van der Waals surface area contributed by atoms with E-state index in [1.54, 1.807) is 36.0 Å². The first-order chi connectivity index (χ1) is 14.2. The summed E-state index contributed by atoms with van der Waals surface area (Å²) < 4.78 is 15.6. The van der Waals surface area contributed by atoms with Crippen LogP contribution in [0.1, 0.15) is 25.1 Å². The van der Waals surface area contributed by atoms with E-state index in [-0.39, 0.29) is 30.5 Å². The van der Waals surface area contributed by atoms with Gasteiger partial charge < -0.3 is 38.8 Å². The predicted molar refractivity (Wildman–Crippen MR) is 116 cm³/mol. The molecule has 9 heteroatoms. The third-order valence-electron chi connectivity index (χ3n) is 4.33. The zero-order valence-electron chi connectivity index (χ0n) is 18.4. The summed E-state index contributed by atoms with van der Waals surface area (Å²) in [5.74, 6) is 0.120. The SMILES string of the molecule is Cc1cn2cc(NC(=O)N3CCc4[c-]ccnc43)cc(F)c2n1.[CH2-][C@H](C)N[C@@H]([CH2-])C.[Li+]. The van der Waals surface area contributed by atoms with E-state index in [0.29, 0.717) is 42.2 Å². The molecule has 0 aromatic carbocycles. The van der Waals surface area contributed by atoms with Gasteiger partial charge in [0.2, 0.25) is 0 Å². The number of aromatic nitrogens is 3. The minimum Gasteiger partial charge on any atom is -0.371 e. The van der Waals surface area contributed by atoms with Gasteiger partial charge in [0, 0.05) is 30.8 Å². The molecule has 4 heterocycles. The zero-order chi connectivity index (χ0) is 21.8. The minimum atomic E-state index is -0.482. The summed E-state index contributed by atoms with van der Waals surface area (Å²) in [5, 5.41) is 5.79. The third kappa shape index (κ3) is 6.29. The fourth-order valence-electron chi connectivity index (χ4n) is 3.26. The van der Waals surface area contributed by atoms with Gasteiger partial charge >= 0.3 is 24.9 Å². The maximum Gasteiger partial charge on any atom is 1.00 e. The summed E-state index contributed by atoms with van der Waals surface area (Å²) in [6.07, 6.45) is 5.66. The second-order valence-electron chi connectivity index (χ2n) is 7.38. The predicted octanol–water partition coefficient (Wildman–Crippen LogP) is 0.597. The van der Waals surface area contributed by atoms with Crippen LogP contribution >= 0.6 is 0 Å². The van der Waals surface area contributed by atoms with E-state index >= 15 is 0 Å². The molecular formula is C22H26FLiN6O-2. The van der Waals surface area contributed by atoms with Crippen molar-refractivity contribution in [2.75, 3.05) is 16.8 Å². The molecule has 0 saturated heterocycles. The van der Waals surface area contributed by atoms with Crippen LogP contribution in [0.4, 0.5) is 20.7 Å². The van der Waals surface area contributed by atoms with Gasteiger partial charge in [-0.2, -0.15) is 12.1 Å². The monoisotopic (exact) mass is 416 g/mol. The molecule has 2 amide bonds. The second-order valence-corrected chi connectivity index (χ2v) is 7.38. The number of urea groups is 1. The molecule has 0 fully saturated rings. The van der Waals surface area contributed by atoms with Crippen molar-refractivity contribution in [3.05, 3.63) is 67.7 Å². The van der Waals surface area contributed by atoms with Gasteiger partial charge in [0.15, 0.2) is 11.5 Å². The number of amides is 2. The van der Waals surface area contributed by atoms with Crippen molar-refractivity contribution in [1.82, 2.24) is 19.7 Å². The van der Waals surface area contributed by atoms with Crippen LogP contribution in [0.2, 0.25) is 0 Å². The number of anilines is 2. The molecule has 0 unspecified atom stereocenters. The Morgan fingerprint density at radius 1 is 1.29 bits per heavy atom. The maximum atomic E-state index is 14.1. The molecule has 1 aliphatic heterocycles. The maximum absolute atomic E-state index is 14.1. The van der Waals surface area contributed by atoms with Crippen LogP contribution in [0.5, 0.6) is 0 Å². The Balaban J connectivity index is 0.000000373. The number of hydrogen-bond acceptors (Lipinski definition) is 4. The molecule has 0 bridgehead atoms. The molecule has 0 radical (unpaired) electrons. The summed E-state index contributed by atoms with van der Waals surface area (Å²) >= 11 is 0. The van der Waals surface area contributed by atoms with Crippen LogP contribution in [-0.2, 0) is 6.42 Å². The van der Waals surface area contributed by atoms with Crippen LogP contribution in [-0.4, -0.2) is 39.0 Å². The minimum absolute atomic E-state index is 0. The number of carbonyl (C=O) groups is 1. The molecule has 2 atom stereocenters. The molecule has 2 N–H and O–H groups in total. The molecule has 1 aliphatic rings. The van der Waals surface area contributed by atoms with Gasteiger partial charge in [-0.15, -0.1) is 17.6 Å². The normalized spacial score (nSPS) is 14.2. The van der Waals surface area contributed by atoms with Gasteiger partial charge in [0.25, 0.3) is 0 Å². The van der Waals surface area contributed by atoms with E-state index in [4.69, 9.17) is 0 Å². The number of halogens is 1. The molecule has 0 saturated carbocycles. The van der Waals surface area contributed by atoms with E-state index in [9.17, 15) is 9.18 Å². The van der Waals surface area contributed by atoms with Crippen molar-refractivity contribution in [2.24, 2.45) is 0 Å². The van der Waals surface area contributed by atoms with E-state index in [2.05, 4.69) is 40.5 Å². The number of rotatable bonds is 3. The number of pyridine rings is 2. The van der Waals surface area contributed by atoms with Crippen LogP contribution in [0.15, 0.2) is 30.7 Å². The molecule has 7 nitrogen and oxygen atoms in total. The average molecular weight is 416 g/mol. The van der Waals surface area contributed by atoms with Gasteiger partial charge in [0.1, 0.15) is 0 Å². The number of carbonyl (C=O) groups excluding carboxylic acids is 1. The fraction of sp³-hybridized carbons (Fsp3) is 0.318. The standard InChI is InChI=1S/C16H13FN5O.C6H13N.Li/c1-10-8-21-9-12(7-13(17)15(21)19-10)20-16(23)22-6-4-11-3-2-5-18-14(11)22;1-5(2)7-6(3)4;/h2,5,7-9H,4,6H2,1H3,(H,20,23);5-7H,1,3H2,2,4H3;/q-1;-2;+1/t;5-,6+;. The van der Waals surface area contributed by atoms with Gasteiger partial charge in [0.05, 0.1) is 11.4 Å². The van der Waals surface area contributed by atoms with Gasteiger partial charge in [-0.25, -0.2) is 14.2 Å². The summed E-state index contributed by atoms with van der Waals surface area (Å²) in [4.78, 5) is 22.3. The largest absolute Gasteiger partial charge is 1.00 e.